The van der Waals surface area contributed by atoms with E-state index < -0.39 is 4.92 Å². The van der Waals surface area contributed by atoms with Gasteiger partial charge >= 0.3 is 0 Å². The Morgan fingerprint density at radius 1 is 1.50 bits per heavy atom. The predicted molar refractivity (Wildman–Crippen MR) is 64.8 cm³/mol. The van der Waals surface area contributed by atoms with Gasteiger partial charge < -0.3 is 4.57 Å². The van der Waals surface area contributed by atoms with Gasteiger partial charge in [-0.2, -0.15) is 0 Å². The Morgan fingerprint density at radius 2 is 2.28 bits per heavy atom. The van der Waals surface area contributed by atoms with Crippen molar-refractivity contribution in [3.63, 3.8) is 0 Å². The van der Waals surface area contributed by atoms with E-state index in [0.717, 1.165) is 0 Å². The lowest BCUT2D eigenvalue weighted by molar-refractivity contribution is -0.385. The number of carbonyl (C=O) groups excluding carboxylic acids is 1. The summed E-state index contributed by atoms with van der Waals surface area (Å²) in [7, 11) is 0. The van der Waals surface area contributed by atoms with Crippen molar-refractivity contribution in [2.45, 2.75) is 6.54 Å². The van der Waals surface area contributed by atoms with Gasteiger partial charge in [0, 0.05) is 23.5 Å². The Hall–Kier alpha value is -2.21. The molecule has 0 N–H and O–H groups in total. The highest BCUT2D eigenvalue weighted by Crippen LogP contribution is 2.23. The first-order valence-electron chi connectivity index (χ1n) is 5.01. The molecule has 7 heteroatoms. The number of nitro groups is 1. The van der Waals surface area contributed by atoms with Gasteiger partial charge in [0.2, 0.25) is 0 Å². The average molecular weight is 266 g/mol. The maximum Gasteiger partial charge on any atom is 0.274 e. The average Bonchev–Trinajstić information content (AvgIpc) is 2.76. The third-order valence-corrected chi connectivity index (χ3v) is 2.67. The quantitative estimate of drug-likeness (QED) is 0.483. The number of imidazole rings is 1. The van der Waals surface area contributed by atoms with Crippen molar-refractivity contribution < 1.29 is 9.72 Å². The fraction of sp³-hybridized carbons (Fsp3) is 0.0909. The third kappa shape index (κ3) is 2.38. The van der Waals surface area contributed by atoms with E-state index in [1.807, 2.05) is 0 Å². The minimum atomic E-state index is -0.483. The van der Waals surface area contributed by atoms with Gasteiger partial charge in [-0.1, -0.05) is 11.6 Å². The van der Waals surface area contributed by atoms with Crippen LogP contribution in [-0.2, 0) is 6.54 Å². The maximum absolute atomic E-state index is 10.9. The molecule has 0 saturated carbocycles. The maximum atomic E-state index is 10.9. The van der Waals surface area contributed by atoms with Crippen LogP contribution in [0.25, 0.3) is 0 Å². The lowest BCUT2D eigenvalue weighted by Crippen LogP contribution is -2.05. The van der Waals surface area contributed by atoms with Gasteiger partial charge in [0.1, 0.15) is 0 Å². The summed E-state index contributed by atoms with van der Waals surface area (Å²) in [4.78, 5) is 24.9. The van der Waals surface area contributed by atoms with Gasteiger partial charge in [-0.05, 0) is 12.1 Å². The van der Waals surface area contributed by atoms with Crippen molar-refractivity contribution in [3.05, 3.63) is 57.1 Å². The zero-order valence-corrected chi connectivity index (χ0v) is 9.87. The minimum absolute atomic E-state index is 0.0371. The number of rotatable bonds is 4. The number of aldehydes is 1. The second kappa shape index (κ2) is 4.97. The summed E-state index contributed by atoms with van der Waals surface area (Å²) >= 11 is 5.82. The van der Waals surface area contributed by atoms with Crippen molar-refractivity contribution in [3.8, 4) is 0 Å². The zero-order valence-electron chi connectivity index (χ0n) is 9.12. The highest BCUT2D eigenvalue weighted by Gasteiger charge is 2.15. The van der Waals surface area contributed by atoms with Gasteiger partial charge in [0.05, 0.1) is 17.0 Å². The van der Waals surface area contributed by atoms with Crippen molar-refractivity contribution in [2.75, 3.05) is 0 Å². The second-order valence-electron chi connectivity index (χ2n) is 3.56. The smallest absolute Gasteiger partial charge is 0.274 e. The fourth-order valence-electron chi connectivity index (χ4n) is 1.61. The first-order valence-corrected chi connectivity index (χ1v) is 5.38. The van der Waals surface area contributed by atoms with E-state index in [2.05, 4.69) is 4.98 Å². The van der Waals surface area contributed by atoms with Gasteiger partial charge in [0.15, 0.2) is 12.1 Å². The molecule has 1 aromatic carbocycles. The normalized spacial score (nSPS) is 10.3. The zero-order chi connectivity index (χ0) is 13.1. The van der Waals surface area contributed by atoms with E-state index in [4.69, 9.17) is 11.6 Å². The number of benzene rings is 1. The van der Waals surface area contributed by atoms with Gasteiger partial charge in [-0.25, -0.2) is 4.98 Å². The Kier molecular flexibility index (Phi) is 3.38. The Balaban J connectivity index is 2.42. The van der Waals surface area contributed by atoms with Gasteiger partial charge in [-0.3, -0.25) is 14.9 Å². The van der Waals surface area contributed by atoms with Crippen molar-refractivity contribution in [1.29, 1.82) is 0 Å². The van der Waals surface area contributed by atoms with E-state index in [0.29, 0.717) is 16.9 Å². The van der Waals surface area contributed by atoms with E-state index in [-0.39, 0.29) is 18.1 Å². The van der Waals surface area contributed by atoms with Crippen molar-refractivity contribution in [1.82, 2.24) is 9.55 Å². The Morgan fingerprint density at radius 3 is 2.94 bits per heavy atom. The standard InChI is InChI=1S/C11H8ClN3O3/c12-9-1-2-10(15(17)18)8(5-9)6-14-4-3-13-11(14)7-16/h1-5,7H,6H2. The van der Waals surface area contributed by atoms with Crippen LogP contribution >= 0.6 is 11.6 Å². The highest BCUT2D eigenvalue weighted by molar-refractivity contribution is 6.30. The first kappa shape index (κ1) is 12.3. The largest absolute Gasteiger partial charge is 0.324 e. The summed E-state index contributed by atoms with van der Waals surface area (Å²) in [6, 6.07) is 4.31. The van der Waals surface area contributed by atoms with Crippen LogP contribution in [0.15, 0.2) is 30.6 Å². The molecule has 0 atom stereocenters. The first-order chi connectivity index (χ1) is 8.61. The summed E-state index contributed by atoms with van der Waals surface area (Å²) in [6.45, 7) is 0.172. The monoisotopic (exact) mass is 265 g/mol. The number of halogens is 1. The van der Waals surface area contributed by atoms with E-state index in [9.17, 15) is 14.9 Å². The second-order valence-corrected chi connectivity index (χ2v) is 4.00. The van der Waals surface area contributed by atoms with Crippen LogP contribution < -0.4 is 0 Å². The number of carbonyl (C=O) groups is 1. The van der Waals surface area contributed by atoms with E-state index in [1.165, 1.54) is 29.0 Å². The number of hydrogen-bond acceptors (Lipinski definition) is 4. The van der Waals surface area contributed by atoms with Crippen LogP contribution in [0.3, 0.4) is 0 Å². The lowest BCUT2D eigenvalue weighted by atomic mass is 10.2. The van der Waals surface area contributed by atoms with Crippen molar-refractivity contribution in [2.24, 2.45) is 0 Å². The van der Waals surface area contributed by atoms with Gasteiger partial charge in [-0.15, -0.1) is 0 Å². The van der Waals surface area contributed by atoms with E-state index in [1.54, 1.807) is 6.20 Å². The molecular weight excluding hydrogens is 258 g/mol. The molecule has 0 bridgehead atoms. The van der Waals surface area contributed by atoms with Gasteiger partial charge in [0.25, 0.3) is 5.69 Å². The number of nitro benzene ring substituents is 1. The molecule has 0 unspecified atom stereocenters. The van der Waals surface area contributed by atoms with Crippen LogP contribution in [-0.4, -0.2) is 20.8 Å². The summed E-state index contributed by atoms with van der Waals surface area (Å²) in [5, 5.41) is 11.3. The lowest BCUT2D eigenvalue weighted by Gasteiger charge is -2.06. The van der Waals surface area contributed by atoms with Crippen LogP contribution in [0.5, 0.6) is 0 Å². The molecule has 1 aromatic heterocycles. The topological polar surface area (TPSA) is 78.0 Å². The van der Waals surface area contributed by atoms with E-state index >= 15 is 0 Å². The number of aromatic nitrogens is 2. The molecule has 92 valence electrons. The SMILES string of the molecule is O=Cc1nccn1Cc1cc(Cl)ccc1[N+](=O)[O-]. The Bertz CT molecular complexity index is 609. The minimum Gasteiger partial charge on any atom is -0.324 e. The summed E-state index contributed by atoms with van der Waals surface area (Å²) < 4.78 is 1.52. The molecular formula is C11H8ClN3O3. The molecule has 0 aliphatic rings. The summed E-state index contributed by atoms with van der Waals surface area (Å²) in [5.41, 5.74) is 0.388. The summed E-state index contributed by atoms with van der Waals surface area (Å²) in [5.74, 6) is 0.212. The predicted octanol–water partition coefficient (Wildman–Crippen LogP) is 2.31. The molecule has 0 aliphatic carbocycles. The molecule has 0 radical (unpaired) electrons. The third-order valence-electron chi connectivity index (χ3n) is 2.43. The van der Waals surface area contributed by atoms with Crippen LogP contribution in [0.4, 0.5) is 5.69 Å². The van der Waals surface area contributed by atoms with Crippen LogP contribution in [0.2, 0.25) is 5.02 Å². The molecule has 1 heterocycles. The van der Waals surface area contributed by atoms with Crippen LogP contribution in [0.1, 0.15) is 16.2 Å². The van der Waals surface area contributed by atoms with Crippen LogP contribution in [0, 0.1) is 10.1 Å². The molecule has 0 spiro atoms. The molecule has 0 fully saturated rings. The highest BCUT2D eigenvalue weighted by atomic mass is 35.5. The number of nitrogens with zero attached hydrogens (tertiary/aromatic N) is 3. The molecule has 0 aliphatic heterocycles. The fourth-order valence-corrected chi connectivity index (χ4v) is 1.81. The molecule has 6 nitrogen and oxygen atoms in total. The molecule has 0 saturated heterocycles. The Labute approximate surface area is 107 Å². The molecule has 18 heavy (non-hydrogen) atoms. The molecule has 2 aromatic rings. The molecule has 2 rings (SSSR count). The molecule has 0 amide bonds. The van der Waals surface area contributed by atoms with Crippen molar-refractivity contribution >= 4 is 23.6 Å². The number of hydrogen-bond donors (Lipinski definition) is 0. The summed E-state index contributed by atoms with van der Waals surface area (Å²) in [6.07, 6.45) is 3.63.